The monoisotopic (exact) mass is 319 g/mol. The Bertz CT molecular complexity index is 640. The molecule has 3 rings (SSSR count). The smallest absolute Gasteiger partial charge is 0.225 e. The Morgan fingerprint density at radius 3 is 2.86 bits per heavy atom. The van der Waals surface area contributed by atoms with E-state index in [4.69, 9.17) is 10.5 Å². The fourth-order valence-electron chi connectivity index (χ4n) is 2.40. The third-order valence-corrected chi connectivity index (χ3v) is 4.76. The molecule has 1 aliphatic heterocycles. The van der Waals surface area contributed by atoms with Gasteiger partial charge in [0.15, 0.2) is 5.01 Å². The van der Waals surface area contributed by atoms with Gasteiger partial charge in [-0.1, -0.05) is 17.4 Å². The van der Waals surface area contributed by atoms with E-state index in [0.717, 1.165) is 10.7 Å². The van der Waals surface area contributed by atoms with Crippen molar-refractivity contribution in [1.29, 1.82) is 0 Å². The van der Waals surface area contributed by atoms with E-state index in [9.17, 15) is 4.79 Å². The first kappa shape index (κ1) is 14.9. The fraction of sp³-hybridized carbons (Fsp3) is 0.429. The first-order chi connectivity index (χ1) is 10.7. The molecule has 0 aromatic carbocycles. The zero-order valence-corrected chi connectivity index (χ0v) is 12.8. The van der Waals surface area contributed by atoms with E-state index in [1.807, 2.05) is 18.2 Å². The third-order valence-electron chi connectivity index (χ3n) is 3.86. The highest BCUT2D eigenvalue weighted by atomic mass is 32.1. The minimum atomic E-state index is -0.574. The van der Waals surface area contributed by atoms with Crippen LogP contribution in [0, 0.1) is 5.41 Å². The Balaban J connectivity index is 1.69. The number of nitrogens with two attached hydrogens (primary N) is 1. The molecule has 0 bridgehead atoms. The van der Waals surface area contributed by atoms with Crippen molar-refractivity contribution in [2.24, 2.45) is 11.1 Å². The summed E-state index contributed by atoms with van der Waals surface area (Å²) in [5, 5.41) is 12.8. The lowest BCUT2D eigenvalue weighted by molar-refractivity contribution is -0.132. The lowest BCUT2D eigenvalue weighted by Crippen LogP contribution is -2.46. The standard InChI is InChI=1S/C14H17N5O2S/c15-12(20)14(4-7-21-8-5-14)9-17-13-19-18-11(22-13)10-3-1-2-6-16-10/h1-3,6H,4-5,7-9H2,(H2,15,20)(H,17,19). The summed E-state index contributed by atoms with van der Waals surface area (Å²) < 4.78 is 5.32. The molecular weight excluding hydrogens is 302 g/mol. The normalized spacial score (nSPS) is 17.1. The maximum atomic E-state index is 11.8. The molecule has 116 valence electrons. The van der Waals surface area contributed by atoms with Crippen molar-refractivity contribution in [3.8, 4) is 10.7 Å². The molecule has 3 N–H and O–H groups in total. The van der Waals surface area contributed by atoms with Crippen molar-refractivity contribution in [3.63, 3.8) is 0 Å². The first-order valence-electron chi connectivity index (χ1n) is 7.06. The highest BCUT2D eigenvalue weighted by Crippen LogP contribution is 2.32. The molecule has 0 spiro atoms. The number of aromatic nitrogens is 3. The van der Waals surface area contributed by atoms with Crippen LogP contribution in [0.3, 0.4) is 0 Å². The zero-order valence-electron chi connectivity index (χ0n) is 12.0. The number of anilines is 1. The van der Waals surface area contributed by atoms with Gasteiger partial charge < -0.3 is 15.8 Å². The molecule has 0 unspecified atom stereocenters. The molecule has 2 aromatic rings. The van der Waals surface area contributed by atoms with Gasteiger partial charge in [-0.05, 0) is 25.0 Å². The third kappa shape index (κ3) is 3.07. The molecule has 2 aromatic heterocycles. The van der Waals surface area contributed by atoms with Gasteiger partial charge in [0.25, 0.3) is 0 Å². The topological polar surface area (TPSA) is 103 Å². The van der Waals surface area contributed by atoms with Crippen molar-refractivity contribution < 1.29 is 9.53 Å². The SMILES string of the molecule is NC(=O)C1(CNc2nnc(-c3ccccn3)s2)CCOCC1. The van der Waals surface area contributed by atoms with Crippen LogP contribution in [-0.2, 0) is 9.53 Å². The Morgan fingerprint density at radius 1 is 1.36 bits per heavy atom. The highest BCUT2D eigenvalue weighted by Gasteiger charge is 2.38. The quantitative estimate of drug-likeness (QED) is 0.861. The number of nitrogens with one attached hydrogen (secondary N) is 1. The number of pyridine rings is 1. The van der Waals surface area contributed by atoms with E-state index >= 15 is 0 Å². The van der Waals surface area contributed by atoms with Crippen LogP contribution in [0.15, 0.2) is 24.4 Å². The molecule has 0 aliphatic carbocycles. The summed E-state index contributed by atoms with van der Waals surface area (Å²) in [6, 6.07) is 5.64. The van der Waals surface area contributed by atoms with Crippen molar-refractivity contribution in [3.05, 3.63) is 24.4 Å². The van der Waals surface area contributed by atoms with Crippen LogP contribution < -0.4 is 11.1 Å². The van der Waals surface area contributed by atoms with E-state index in [2.05, 4.69) is 20.5 Å². The summed E-state index contributed by atoms with van der Waals surface area (Å²) in [5.41, 5.74) is 5.79. The maximum Gasteiger partial charge on any atom is 0.225 e. The molecule has 3 heterocycles. The van der Waals surface area contributed by atoms with Crippen LogP contribution in [0.5, 0.6) is 0 Å². The van der Waals surface area contributed by atoms with Crippen LogP contribution >= 0.6 is 11.3 Å². The number of rotatable bonds is 5. The highest BCUT2D eigenvalue weighted by molar-refractivity contribution is 7.18. The van der Waals surface area contributed by atoms with Crippen LogP contribution in [0.2, 0.25) is 0 Å². The molecule has 8 heteroatoms. The molecule has 0 atom stereocenters. The number of primary amides is 1. The molecule has 7 nitrogen and oxygen atoms in total. The molecule has 22 heavy (non-hydrogen) atoms. The van der Waals surface area contributed by atoms with Gasteiger partial charge in [-0.2, -0.15) is 0 Å². The first-order valence-corrected chi connectivity index (χ1v) is 7.88. The van der Waals surface area contributed by atoms with Gasteiger partial charge in [0.1, 0.15) is 5.69 Å². The summed E-state index contributed by atoms with van der Waals surface area (Å²) >= 11 is 1.41. The molecule has 1 fully saturated rings. The van der Waals surface area contributed by atoms with Crippen molar-refractivity contribution >= 4 is 22.4 Å². The maximum absolute atomic E-state index is 11.8. The number of hydrogen-bond donors (Lipinski definition) is 2. The Morgan fingerprint density at radius 2 is 2.18 bits per heavy atom. The van der Waals surface area contributed by atoms with Crippen LogP contribution in [0.1, 0.15) is 12.8 Å². The molecule has 0 saturated carbocycles. The van der Waals surface area contributed by atoms with E-state index in [-0.39, 0.29) is 5.91 Å². The second-order valence-electron chi connectivity index (χ2n) is 5.24. The van der Waals surface area contributed by atoms with Crippen LogP contribution in [0.4, 0.5) is 5.13 Å². The Labute approximate surface area is 131 Å². The summed E-state index contributed by atoms with van der Waals surface area (Å²) in [6.07, 6.45) is 2.97. The van der Waals surface area contributed by atoms with Gasteiger partial charge >= 0.3 is 0 Å². The molecule has 1 saturated heterocycles. The average Bonchev–Trinajstić information content (AvgIpc) is 3.03. The molecular formula is C14H17N5O2S. The average molecular weight is 319 g/mol. The number of carbonyl (C=O) groups excluding carboxylic acids is 1. The molecule has 1 aliphatic rings. The summed E-state index contributed by atoms with van der Waals surface area (Å²) in [5.74, 6) is -0.294. The minimum Gasteiger partial charge on any atom is -0.381 e. The summed E-state index contributed by atoms with van der Waals surface area (Å²) in [7, 11) is 0. The second-order valence-corrected chi connectivity index (χ2v) is 6.22. The predicted octanol–water partition coefficient (Wildman–Crippen LogP) is 1.29. The second kappa shape index (κ2) is 6.37. The number of hydrogen-bond acceptors (Lipinski definition) is 7. The van der Waals surface area contributed by atoms with Gasteiger partial charge in [-0.15, -0.1) is 10.2 Å². The molecule has 0 radical (unpaired) electrons. The largest absolute Gasteiger partial charge is 0.381 e. The van der Waals surface area contributed by atoms with Gasteiger partial charge in [-0.25, -0.2) is 0 Å². The summed E-state index contributed by atoms with van der Waals surface area (Å²) in [4.78, 5) is 16.1. The van der Waals surface area contributed by atoms with Crippen molar-refractivity contribution in [2.75, 3.05) is 25.1 Å². The Kier molecular flexibility index (Phi) is 4.30. The molecule has 1 amide bonds. The van der Waals surface area contributed by atoms with Gasteiger partial charge in [0.05, 0.1) is 5.41 Å². The van der Waals surface area contributed by atoms with Crippen LogP contribution in [-0.4, -0.2) is 40.8 Å². The minimum absolute atomic E-state index is 0.294. The van der Waals surface area contributed by atoms with E-state index < -0.39 is 5.41 Å². The van der Waals surface area contributed by atoms with E-state index in [0.29, 0.717) is 37.7 Å². The number of ether oxygens (including phenoxy) is 1. The van der Waals surface area contributed by atoms with E-state index in [1.54, 1.807) is 6.20 Å². The number of carbonyl (C=O) groups is 1. The fourth-order valence-corrected chi connectivity index (χ4v) is 3.12. The van der Waals surface area contributed by atoms with E-state index in [1.165, 1.54) is 11.3 Å². The van der Waals surface area contributed by atoms with Crippen molar-refractivity contribution in [2.45, 2.75) is 12.8 Å². The predicted molar refractivity (Wildman–Crippen MR) is 83.3 cm³/mol. The number of amides is 1. The zero-order chi connectivity index (χ0) is 15.4. The van der Waals surface area contributed by atoms with Gasteiger partial charge in [-0.3, -0.25) is 9.78 Å². The summed E-state index contributed by atoms with van der Waals surface area (Å²) in [6.45, 7) is 1.56. The van der Waals surface area contributed by atoms with Crippen LogP contribution in [0.25, 0.3) is 10.7 Å². The van der Waals surface area contributed by atoms with Gasteiger partial charge in [0.2, 0.25) is 11.0 Å². The lowest BCUT2D eigenvalue weighted by atomic mass is 9.79. The van der Waals surface area contributed by atoms with Crippen molar-refractivity contribution in [1.82, 2.24) is 15.2 Å². The lowest BCUT2D eigenvalue weighted by Gasteiger charge is -2.34. The number of nitrogens with zero attached hydrogens (tertiary/aromatic N) is 3. The van der Waals surface area contributed by atoms with Gasteiger partial charge in [0, 0.05) is 26.0 Å². The Hall–Kier alpha value is -2.06.